The molecule has 0 aromatic heterocycles. The van der Waals surface area contributed by atoms with Crippen molar-refractivity contribution in [2.75, 3.05) is 0 Å². The van der Waals surface area contributed by atoms with E-state index in [-0.39, 0.29) is 0 Å². The molecule has 0 N–H and O–H groups in total. The number of sulfonamides is 1. The maximum atomic E-state index is 12.1. The summed E-state index contributed by atoms with van der Waals surface area (Å²) in [7, 11) is -10.3. The Labute approximate surface area is 112 Å². The second kappa shape index (κ2) is 5.54. The Hall–Kier alpha value is -0.396. The molecule has 0 rings (SSSR count). The molecule has 114 valence electrons. The van der Waals surface area contributed by atoms with Crippen LogP contribution in [0.3, 0.4) is 0 Å². The summed E-state index contributed by atoms with van der Waals surface area (Å²) in [6, 6.07) is -0.396. The van der Waals surface area contributed by atoms with Crippen molar-refractivity contribution < 1.29 is 30.8 Å². The van der Waals surface area contributed by atoms with Gasteiger partial charge in [0, 0.05) is 0 Å². The number of rotatable bonds is 5. The fourth-order valence-corrected chi connectivity index (χ4v) is 9.73. The van der Waals surface area contributed by atoms with Crippen molar-refractivity contribution in [2.24, 2.45) is 4.40 Å². The molecule has 0 saturated carbocycles. The van der Waals surface area contributed by atoms with Gasteiger partial charge >= 0.3 is 15.5 Å². The summed E-state index contributed by atoms with van der Waals surface area (Å²) < 4.78 is 65.6. The highest BCUT2D eigenvalue weighted by Crippen LogP contribution is 2.25. The third kappa shape index (κ3) is 7.08. The van der Waals surface area contributed by atoms with Gasteiger partial charge in [-0.1, -0.05) is 0 Å². The van der Waals surface area contributed by atoms with Crippen molar-refractivity contribution in [2.45, 2.75) is 44.3 Å². The normalized spacial score (nSPS) is 15.7. The molecule has 5 nitrogen and oxygen atoms in total. The first-order chi connectivity index (χ1) is 8.06. The van der Waals surface area contributed by atoms with Gasteiger partial charge in [-0.15, -0.1) is 0 Å². The van der Waals surface area contributed by atoms with E-state index in [2.05, 4.69) is 4.40 Å². The van der Waals surface area contributed by atoms with Crippen LogP contribution in [0.15, 0.2) is 4.40 Å². The molecule has 0 aliphatic carbocycles. The summed E-state index contributed by atoms with van der Waals surface area (Å²) in [5.41, 5.74) is -5.55. The molecule has 0 aliphatic heterocycles. The molecule has 0 atom stereocenters. The molecule has 0 unspecified atom stereocenters. The van der Waals surface area contributed by atoms with Gasteiger partial charge in [-0.2, -0.15) is 26.0 Å². The molecule has 0 aliphatic rings. The molecular weight excluding hydrogens is 319 g/mol. The zero-order valence-electron chi connectivity index (χ0n) is 11.3. The van der Waals surface area contributed by atoms with E-state index in [0.29, 0.717) is 0 Å². The molecule has 0 heterocycles. The Kier molecular flexibility index (Phi) is 5.42. The van der Waals surface area contributed by atoms with Gasteiger partial charge in [-0.3, -0.25) is 0 Å². The Balaban J connectivity index is 5.03. The first kappa shape index (κ1) is 18.6. The van der Waals surface area contributed by atoms with Crippen LogP contribution in [0, 0.1) is 0 Å². The van der Waals surface area contributed by atoms with E-state index in [1.807, 2.05) is 19.6 Å². The second-order valence-corrected chi connectivity index (χ2v) is 16.1. The molecule has 0 amide bonds. The number of hydrogen-bond donors (Lipinski definition) is 0. The van der Waals surface area contributed by atoms with Crippen LogP contribution in [0.25, 0.3) is 0 Å². The van der Waals surface area contributed by atoms with E-state index in [1.165, 1.54) is 0 Å². The highest BCUT2D eigenvalue weighted by molar-refractivity contribution is 7.91. The van der Waals surface area contributed by atoms with E-state index in [1.54, 1.807) is 13.1 Å². The van der Waals surface area contributed by atoms with E-state index < -0.39 is 44.1 Å². The first-order valence-electron chi connectivity index (χ1n) is 5.33. The van der Waals surface area contributed by atoms with Gasteiger partial charge in [0.25, 0.3) is 0 Å². The Morgan fingerprint density at radius 3 is 1.95 bits per heavy atom. The van der Waals surface area contributed by atoms with E-state index in [4.69, 9.17) is 4.12 Å². The van der Waals surface area contributed by atoms with Gasteiger partial charge in [-0.25, -0.2) is 0 Å². The van der Waals surface area contributed by atoms with E-state index >= 15 is 0 Å². The standard InChI is InChI=1S/C8H18F3NO4SSi2/c1-18(2,3)16-19(4,5)6-7(13)12-17(14,15)8(9,10)11/h6H2,1-5H3,(H,12,13)/p-1. The van der Waals surface area contributed by atoms with Crippen LogP contribution in [0.1, 0.15) is 0 Å². The fourth-order valence-electron chi connectivity index (χ4n) is 1.45. The van der Waals surface area contributed by atoms with Gasteiger partial charge < -0.3 is 9.22 Å². The molecule has 0 bridgehead atoms. The lowest BCUT2D eigenvalue weighted by atomic mass is 10.8. The predicted molar refractivity (Wildman–Crippen MR) is 69.1 cm³/mol. The lowest BCUT2D eigenvalue weighted by molar-refractivity contribution is -0.215. The molecule has 0 aromatic rings. The zero-order chi connectivity index (χ0) is 15.7. The monoisotopic (exact) mass is 336 g/mol. The van der Waals surface area contributed by atoms with Crippen molar-refractivity contribution in [3.8, 4) is 0 Å². The smallest absolute Gasteiger partial charge is 0.518 e. The van der Waals surface area contributed by atoms with Crippen LogP contribution in [0.2, 0.25) is 38.8 Å². The zero-order valence-corrected chi connectivity index (χ0v) is 14.1. The number of nitrogens with zero attached hydrogens (tertiary/aromatic N) is 1. The lowest BCUT2D eigenvalue weighted by Gasteiger charge is -2.32. The van der Waals surface area contributed by atoms with Crippen LogP contribution in [0.5, 0.6) is 0 Å². The third-order valence-corrected chi connectivity index (χ3v) is 8.52. The van der Waals surface area contributed by atoms with Crippen molar-refractivity contribution in [1.82, 2.24) is 0 Å². The van der Waals surface area contributed by atoms with Crippen LogP contribution in [0.4, 0.5) is 13.2 Å². The minimum absolute atomic E-state index is 0.396. The highest BCUT2D eigenvalue weighted by atomic mass is 32.2. The van der Waals surface area contributed by atoms with Crippen LogP contribution in [-0.4, -0.2) is 36.5 Å². The second-order valence-electron chi connectivity index (χ2n) is 5.56. The Morgan fingerprint density at radius 1 is 1.21 bits per heavy atom. The Morgan fingerprint density at radius 2 is 1.63 bits per heavy atom. The summed E-state index contributed by atoms with van der Waals surface area (Å²) in [4.78, 5) is 0. The maximum absolute atomic E-state index is 12.1. The van der Waals surface area contributed by atoms with Gasteiger partial charge in [0.05, 0.1) is 0 Å². The molecule has 11 heteroatoms. The SMILES string of the molecule is C[Si](C)(C)O[Si](C)(C)C/C([O-])=N/S(=O)(=O)C(F)(F)F. The van der Waals surface area contributed by atoms with Crippen LogP contribution >= 0.6 is 0 Å². The fraction of sp³-hybridized carbons (Fsp3) is 0.875. The average molecular weight is 336 g/mol. The molecule has 0 fully saturated rings. The molecule has 0 aromatic carbocycles. The van der Waals surface area contributed by atoms with Crippen molar-refractivity contribution in [3.05, 3.63) is 0 Å². The first-order valence-corrected chi connectivity index (χ1v) is 13.3. The molecule has 0 radical (unpaired) electrons. The van der Waals surface area contributed by atoms with Crippen LogP contribution in [-0.2, 0) is 14.1 Å². The van der Waals surface area contributed by atoms with Gasteiger partial charge in [-0.05, 0) is 44.7 Å². The molecule has 0 spiro atoms. The Bertz CT molecular complexity index is 454. The molecular formula is C8H17F3NO4SSi2-. The van der Waals surface area contributed by atoms with Gasteiger partial charge in [0.15, 0.2) is 16.6 Å². The summed E-state index contributed by atoms with van der Waals surface area (Å²) in [6.45, 7) is 8.89. The van der Waals surface area contributed by atoms with Crippen molar-refractivity contribution in [1.29, 1.82) is 0 Å². The minimum atomic E-state index is -5.76. The quantitative estimate of drug-likeness (QED) is 0.434. The molecule has 0 saturated heterocycles. The average Bonchev–Trinajstić information content (AvgIpc) is 1.91. The highest BCUT2D eigenvalue weighted by Gasteiger charge is 2.46. The topological polar surface area (TPSA) is 78.8 Å². The number of alkyl halides is 3. The van der Waals surface area contributed by atoms with Crippen LogP contribution < -0.4 is 5.11 Å². The van der Waals surface area contributed by atoms with E-state index in [0.717, 1.165) is 0 Å². The van der Waals surface area contributed by atoms with Gasteiger partial charge in [0.2, 0.25) is 0 Å². The van der Waals surface area contributed by atoms with Crippen molar-refractivity contribution >= 4 is 32.6 Å². The largest absolute Gasteiger partial charge is 0.861 e. The number of hydrogen-bond acceptors (Lipinski definition) is 4. The summed E-state index contributed by atoms with van der Waals surface area (Å²) >= 11 is 0. The minimum Gasteiger partial charge on any atom is -0.861 e. The lowest BCUT2D eigenvalue weighted by Crippen LogP contribution is -2.45. The summed E-state index contributed by atoms with van der Waals surface area (Å²) in [6.07, 6.45) is 0. The van der Waals surface area contributed by atoms with E-state index in [9.17, 15) is 26.7 Å². The number of halogens is 3. The third-order valence-electron chi connectivity index (χ3n) is 1.67. The van der Waals surface area contributed by atoms with Gasteiger partial charge in [0.1, 0.15) is 0 Å². The van der Waals surface area contributed by atoms with Crippen molar-refractivity contribution in [3.63, 3.8) is 0 Å². The summed E-state index contributed by atoms with van der Waals surface area (Å²) in [5, 5.41) is 11.3. The summed E-state index contributed by atoms with van der Waals surface area (Å²) in [5.74, 6) is -1.31. The predicted octanol–water partition coefficient (Wildman–Crippen LogP) is 1.65. The molecule has 19 heavy (non-hydrogen) atoms. The maximum Gasteiger partial charge on any atom is 0.518 e.